The maximum Gasteiger partial charge on any atom is 0.255 e. The SMILES string of the molecule is Cc1ccc(NC(=O)C[C@H](c2cccs2)N2Cc3ccccc3C2=O)nc1. The van der Waals surface area contributed by atoms with E-state index in [9.17, 15) is 9.59 Å². The molecule has 5 nitrogen and oxygen atoms in total. The average Bonchev–Trinajstić information content (AvgIpc) is 3.31. The lowest BCUT2D eigenvalue weighted by molar-refractivity contribution is -0.117. The zero-order chi connectivity index (χ0) is 18.8. The zero-order valence-electron chi connectivity index (χ0n) is 14.9. The van der Waals surface area contributed by atoms with Crippen LogP contribution in [-0.4, -0.2) is 21.7 Å². The molecule has 3 heterocycles. The highest BCUT2D eigenvalue weighted by Gasteiger charge is 2.34. The van der Waals surface area contributed by atoms with Crippen molar-refractivity contribution in [3.8, 4) is 0 Å². The molecule has 0 fully saturated rings. The summed E-state index contributed by atoms with van der Waals surface area (Å²) >= 11 is 1.56. The molecule has 0 spiro atoms. The van der Waals surface area contributed by atoms with Crippen LogP contribution < -0.4 is 5.32 Å². The summed E-state index contributed by atoms with van der Waals surface area (Å²) in [6, 6.07) is 14.9. The fraction of sp³-hybridized carbons (Fsp3) is 0.190. The van der Waals surface area contributed by atoms with Crippen LogP contribution in [0, 0.1) is 6.92 Å². The fourth-order valence-electron chi connectivity index (χ4n) is 3.29. The van der Waals surface area contributed by atoms with Gasteiger partial charge in [0.05, 0.1) is 12.5 Å². The molecule has 1 aromatic carbocycles. The Morgan fingerprint density at radius 1 is 1.22 bits per heavy atom. The summed E-state index contributed by atoms with van der Waals surface area (Å²) in [5.41, 5.74) is 2.76. The van der Waals surface area contributed by atoms with Gasteiger partial charge in [0, 0.05) is 23.2 Å². The van der Waals surface area contributed by atoms with E-state index in [0.717, 1.165) is 21.6 Å². The topological polar surface area (TPSA) is 62.3 Å². The molecule has 0 aliphatic carbocycles. The number of thiophene rings is 1. The number of fused-ring (bicyclic) bond motifs is 1. The van der Waals surface area contributed by atoms with Crippen LogP contribution in [0.2, 0.25) is 0 Å². The lowest BCUT2D eigenvalue weighted by Crippen LogP contribution is -2.31. The zero-order valence-corrected chi connectivity index (χ0v) is 15.7. The summed E-state index contributed by atoms with van der Waals surface area (Å²) in [4.78, 5) is 32.6. The van der Waals surface area contributed by atoms with E-state index < -0.39 is 0 Å². The number of carbonyl (C=O) groups is 2. The summed E-state index contributed by atoms with van der Waals surface area (Å²) in [5, 5.41) is 4.81. The van der Waals surface area contributed by atoms with Gasteiger partial charge >= 0.3 is 0 Å². The normalized spacial score (nSPS) is 14.1. The maximum atomic E-state index is 12.9. The minimum atomic E-state index is -0.296. The number of rotatable bonds is 5. The third-order valence-electron chi connectivity index (χ3n) is 4.65. The molecule has 0 saturated carbocycles. The molecule has 3 aromatic rings. The smallest absolute Gasteiger partial charge is 0.255 e. The number of hydrogen-bond acceptors (Lipinski definition) is 4. The highest BCUT2D eigenvalue weighted by atomic mass is 32.1. The van der Waals surface area contributed by atoms with Crippen molar-refractivity contribution in [2.24, 2.45) is 0 Å². The van der Waals surface area contributed by atoms with Gasteiger partial charge in [-0.1, -0.05) is 30.3 Å². The van der Waals surface area contributed by atoms with Gasteiger partial charge in [0.15, 0.2) is 0 Å². The van der Waals surface area contributed by atoms with E-state index in [1.807, 2.05) is 54.8 Å². The Bertz CT molecular complexity index is 967. The van der Waals surface area contributed by atoms with E-state index in [1.165, 1.54) is 0 Å². The molecule has 0 bridgehead atoms. The van der Waals surface area contributed by atoms with Gasteiger partial charge in [-0.25, -0.2) is 4.98 Å². The second-order valence-corrected chi connectivity index (χ2v) is 7.57. The van der Waals surface area contributed by atoms with Gasteiger partial charge < -0.3 is 10.2 Å². The Morgan fingerprint density at radius 3 is 2.78 bits per heavy atom. The first-order valence-electron chi connectivity index (χ1n) is 8.76. The van der Waals surface area contributed by atoms with Crippen molar-refractivity contribution in [1.82, 2.24) is 9.88 Å². The molecule has 4 rings (SSSR count). The molecule has 27 heavy (non-hydrogen) atoms. The minimum absolute atomic E-state index is 0.0229. The molecule has 136 valence electrons. The van der Waals surface area contributed by atoms with Crippen molar-refractivity contribution in [3.63, 3.8) is 0 Å². The monoisotopic (exact) mass is 377 g/mol. The molecule has 1 N–H and O–H groups in total. The largest absolute Gasteiger partial charge is 0.326 e. The molecule has 1 atom stereocenters. The Kier molecular flexibility index (Phi) is 4.73. The fourth-order valence-corrected chi connectivity index (χ4v) is 4.12. The molecule has 0 unspecified atom stereocenters. The lowest BCUT2D eigenvalue weighted by atomic mass is 10.1. The van der Waals surface area contributed by atoms with Gasteiger partial charge in [-0.05, 0) is 41.6 Å². The minimum Gasteiger partial charge on any atom is -0.326 e. The highest BCUT2D eigenvalue weighted by molar-refractivity contribution is 7.10. The van der Waals surface area contributed by atoms with Gasteiger partial charge in [-0.2, -0.15) is 0 Å². The second kappa shape index (κ2) is 7.32. The molecule has 6 heteroatoms. The van der Waals surface area contributed by atoms with Crippen molar-refractivity contribution in [3.05, 3.63) is 81.7 Å². The number of hydrogen-bond donors (Lipinski definition) is 1. The predicted molar refractivity (Wildman–Crippen MR) is 106 cm³/mol. The number of benzene rings is 1. The summed E-state index contributed by atoms with van der Waals surface area (Å²) < 4.78 is 0. The number of aromatic nitrogens is 1. The quantitative estimate of drug-likeness (QED) is 0.726. The first-order chi connectivity index (χ1) is 13.1. The first-order valence-corrected chi connectivity index (χ1v) is 9.64. The average molecular weight is 377 g/mol. The Labute approximate surface area is 161 Å². The van der Waals surface area contributed by atoms with Crippen LogP contribution in [0.1, 0.15) is 38.8 Å². The summed E-state index contributed by atoms with van der Waals surface area (Å²) in [5.74, 6) is 0.338. The molecular formula is C21H19N3O2S. The summed E-state index contributed by atoms with van der Waals surface area (Å²) in [7, 11) is 0. The molecule has 1 aliphatic heterocycles. The molecular weight excluding hydrogens is 358 g/mol. The molecule has 1 aliphatic rings. The van der Waals surface area contributed by atoms with Crippen LogP contribution in [0.25, 0.3) is 0 Å². The third-order valence-corrected chi connectivity index (χ3v) is 5.63. The van der Waals surface area contributed by atoms with E-state index >= 15 is 0 Å². The number of nitrogens with one attached hydrogen (secondary N) is 1. The Hall–Kier alpha value is -2.99. The van der Waals surface area contributed by atoms with E-state index in [-0.39, 0.29) is 24.3 Å². The van der Waals surface area contributed by atoms with Crippen molar-refractivity contribution in [2.75, 3.05) is 5.32 Å². The van der Waals surface area contributed by atoms with Crippen LogP contribution in [0.15, 0.2) is 60.1 Å². The van der Waals surface area contributed by atoms with Gasteiger partial charge in [0.2, 0.25) is 5.91 Å². The Balaban J connectivity index is 1.55. The number of aryl methyl sites for hydroxylation is 1. The lowest BCUT2D eigenvalue weighted by Gasteiger charge is -2.26. The van der Waals surface area contributed by atoms with Gasteiger partial charge in [-0.15, -0.1) is 11.3 Å². The van der Waals surface area contributed by atoms with Crippen molar-refractivity contribution in [2.45, 2.75) is 25.9 Å². The second-order valence-electron chi connectivity index (χ2n) is 6.59. The molecule has 0 saturated heterocycles. The third kappa shape index (κ3) is 3.61. The maximum absolute atomic E-state index is 12.9. The molecule has 2 aromatic heterocycles. The predicted octanol–water partition coefficient (Wildman–Crippen LogP) is 4.18. The van der Waals surface area contributed by atoms with Crippen LogP contribution in [-0.2, 0) is 11.3 Å². The number of anilines is 1. The number of carbonyl (C=O) groups excluding carboxylic acids is 2. The summed E-state index contributed by atoms with van der Waals surface area (Å²) in [6.07, 6.45) is 1.91. The van der Waals surface area contributed by atoms with Gasteiger partial charge in [-0.3, -0.25) is 9.59 Å². The highest BCUT2D eigenvalue weighted by Crippen LogP contribution is 2.35. The van der Waals surface area contributed by atoms with E-state index in [4.69, 9.17) is 0 Å². The van der Waals surface area contributed by atoms with Crippen LogP contribution in [0.5, 0.6) is 0 Å². The molecule has 0 radical (unpaired) electrons. The van der Waals surface area contributed by atoms with Crippen LogP contribution in [0.3, 0.4) is 0 Å². The summed E-state index contributed by atoms with van der Waals surface area (Å²) in [6.45, 7) is 2.47. The van der Waals surface area contributed by atoms with Crippen molar-refractivity contribution in [1.29, 1.82) is 0 Å². The standard InChI is InChI=1S/C21H19N3O2S/c1-14-8-9-19(22-12-14)23-20(25)11-17(18-7-4-10-27-18)24-13-15-5-2-3-6-16(15)21(24)26/h2-10,12,17H,11,13H2,1H3,(H,22,23,25)/t17-/m1/s1. The number of pyridine rings is 1. The molecule has 2 amide bonds. The first kappa shape index (κ1) is 17.4. The van der Waals surface area contributed by atoms with Gasteiger partial charge in [0.1, 0.15) is 5.82 Å². The number of nitrogens with zero attached hydrogens (tertiary/aromatic N) is 2. The van der Waals surface area contributed by atoms with Crippen LogP contribution in [0.4, 0.5) is 5.82 Å². The van der Waals surface area contributed by atoms with E-state index in [2.05, 4.69) is 10.3 Å². The van der Waals surface area contributed by atoms with Crippen molar-refractivity contribution >= 4 is 29.0 Å². The number of amides is 2. The van der Waals surface area contributed by atoms with E-state index in [0.29, 0.717) is 12.4 Å². The Morgan fingerprint density at radius 2 is 2.07 bits per heavy atom. The van der Waals surface area contributed by atoms with Gasteiger partial charge in [0.25, 0.3) is 5.91 Å². The van der Waals surface area contributed by atoms with E-state index in [1.54, 1.807) is 28.5 Å². The van der Waals surface area contributed by atoms with Crippen LogP contribution >= 0.6 is 11.3 Å². The van der Waals surface area contributed by atoms with Crippen molar-refractivity contribution < 1.29 is 9.59 Å².